The highest BCUT2D eigenvalue weighted by Crippen LogP contribution is 2.05. The van der Waals surface area contributed by atoms with Crippen molar-refractivity contribution in [3.05, 3.63) is 29.8 Å². The standard InChI is InChI=1S/C10H17N3O2S/c1-16(14,15)13-6-5-12-8-9-3-2-4-10(11)7-9/h2-4,7,12-13H,5-6,8,11H2,1H3. The van der Waals surface area contributed by atoms with Gasteiger partial charge >= 0.3 is 0 Å². The van der Waals surface area contributed by atoms with Crippen molar-refractivity contribution < 1.29 is 8.42 Å². The van der Waals surface area contributed by atoms with E-state index in [2.05, 4.69) is 10.0 Å². The van der Waals surface area contributed by atoms with Gasteiger partial charge < -0.3 is 11.1 Å². The van der Waals surface area contributed by atoms with Crippen LogP contribution >= 0.6 is 0 Å². The summed E-state index contributed by atoms with van der Waals surface area (Å²) in [6, 6.07) is 7.57. The number of nitrogens with two attached hydrogens (primary N) is 1. The fraction of sp³-hybridized carbons (Fsp3) is 0.400. The fourth-order valence-corrected chi connectivity index (χ4v) is 1.73. The summed E-state index contributed by atoms with van der Waals surface area (Å²) in [6.45, 7) is 1.65. The van der Waals surface area contributed by atoms with Gasteiger partial charge in [0.1, 0.15) is 0 Å². The van der Waals surface area contributed by atoms with Crippen molar-refractivity contribution in [1.29, 1.82) is 0 Å². The van der Waals surface area contributed by atoms with Crippen LogP contribution in [0.15, 0.2) is 24.3 Å². The Morgan fingerprint density at radius 1 is 1.31 bits per heavy atom. The summed E-state index contributed by atoms with van der Waals surface area (Å²) in [5, 5.41) is 3.12. The van der Waals surface area contributed by atoms with Crippen LogP contribution in [-0.2, 0) is 16.6 Å². The first-order chi connectivity index (χ1) is 7.47. The molecular weight excluding hydrogens is 226 g/mol. The normalized spacial score (nSPS) is 11.6. The Labute approximate surface area is 96.1 Å². The van der Waals surface area contributed by atoms with Crippen LogP contribution in [0.5, 0.6) is 0 Å². The Morgan fingerprint density at radius 3 is 2.69 bits per heavy atom. The lowest BCUT2D eigenvalue weighted by Gasteiger charge is -2.05. The van der Waals surface area contributed by atoms with E-state index in [0.29, 0.717) is 19.6 Å². The highest BCUT2D eigenvalue weighted by molar-refractivity contribution is 7.88. The first-order valence-electron chi connectivity index (χ1n) is 4.97. The molecule has 5 nitrogen and oxygen atoms in total. The smallest absolute Gasteiger partial charge is 0.208 e. The first kappa shape index (κ1) is 13.0. The van der Waals surface area contributed by atoms with Gasteiger partial charge in [-0.1, -0.05) is 12.1 Å². The number of hydrogen-bond acceptors (Lipinski definition) is 4. The molecule has 0 radical (unpaired) electrons. The zero-order valence-electron chi connectivity index (χ0n) is 9.23. The van der Waals surface area contributed by atoms with Crippen LogP contribution in [-0.4, -0.2) is 27.8 Å². The van der Waals surface area contributed by atoms with Crippen LogP contribution in [0.1, 0.15) is 5.56 Å². The van der Waals surface area contributed by atoms with Crippen molar-refractivity contribution in [2.75, 3.05) is 25.1 Å². The highest BCUT2D eigenvalue weighted by atomic mass is 32.2. The summed E-state index contributed by atoms with van der Waals surface area (Å²) in [6.07, 6.45) is 1.14. The third kappa shape index (κ3) is 5.69. The SMILES string of the molecule is CS(=O)(=O)NCCNCc1cccc(N)c1. The van der Waals surface area contributed by atoms with Gasteiger partial charge in [0.2, 0.25) is 10.0 Å². The average molecular weight is 243 g/mol. The quantitative estimate of drug-likeness (QED) is 0.481. The van der Waals surface area contributed by atoms with Crippen molar-refractivity contribution in [3.8, 4) is 0 Å². The minimum absolute atomic E-state index is 0.390. The van der Waals surface area contributed by atoms with Crippen LogP contribution in [0.25, 0.3) is 0 Å². The summed E-state index contributed by atoms with van der Waals surface area (Å²) in [5.41, 5.74) is 7.44. The predicted molar refractivity (Wildman–Crippen MR) is 65.4 cm³/mol. The zero-order chi connectivity index (χ0) is 12.0. The van der Waals surface area contributed by atoms with E-state index in [4.69, 9.17) is 5.73 Å². The topological polar surface area (TPSA) is 84.2 Å². The maximum absolute atomic E-state index is 10.8. The molecule has 0 fully saturated rings. The Kier molecular flexibility index (Phi) is 4.72. The molecule has 0 heterocycles. The fourth-order valence-electron chi connectivity index (χ4n) is 1.26. The Morgan fingerprint density at radius 2 is 2.06 bits per heavy atom. The van der Waals surface area contributed by atoms with E-state index in [0.717, 1.165) is 17.5 Å². The molecule has 16 heavy (non-hydrogen) atoms. The van der Waals surface area contributed by atoms with E-state index >= 15 is 0 Å². The number of benzene rings is 1. The molecule has 1 aromatic carbocycles. The number of nitrogens with one attached hydrogen (secondary N) is 2. The highest BCUT2D eigenvalue weighted by Gasteiger charge is 1.98. The molecule has 0 aliphatic carbocycles. The molecule has 0 atom stereocenters. The second kappa shape index (κ2) is 5.83. The van der Waals surface area contributed by atoms with Crippen LogP contribution in [0.2, 0.25) is 0 Å². The molecule has 0 aliphatic rings. The molecule has 0 amide bonds. The first-order valence-corrected chi connectivity index (χ1v) is 6.86. The summed E-state index contributed by atoms with van der Waals surface area (Å²) in [7, 11) is -3.09. The minimum Gasteiger partial charge on any atom is -0.399 e. The number of sulfonamides is 1. The zero-order valence-corrected chi connectivity index (χ0v) is 10.0. The molecule has 0 unspecified atom stereocenters. The Hall–Kier alpha value is -1.11. The minimum atomic E-state index is -3.09. The van der Waals surface area contributed by atoms with E-state index in [1.165, 1.54) is 0 Å². The second-order valence-electron chi connectivity index (χ2n) is 3.59. The van der Waals surface area contributed by atoms with E-state index in [1.54, 1.807) is 0 Å². The predicted octanol–water partition coefficient (Wildman–Crippen LogP) is -0.0924. The lowest BCUT2D eigenvalue weighted by atomic mass is 10.2. The van der Waals surface area contributed by atoms with Gasteiger partial charge in [0.15, 0.2) is 0 Å². The molecule has 0 spiro atoms. The third-order valence-corrected chi connectivity index (χ3v) is 2.67. The van der Waals surface area contributed by atoms with Crippen molar-refractivity contribution in [2.45, 2.75) is 6.54 Å². The average Bonchev–Trinajstić information content (AvgIpc) is 2.15. The van der Waals surface area contributed by atoms with E-state index in [1.807, 2.05) is 24.3 Å². The van der Waals surface area contributed by atoms with Gasteiger partial charge in [0.25, 0.3) is 0 Å². The van der Waals surface area contributed by atoms with Crippen molar-refractivity contribution >= 4 is 15.7 Å². The Bertz CT molecular complexity index is 431. The van der Waals surface area contributed by atoms with Gasteiger partial charge in [-0.3, -0.25) is 0 Å². The van der Waals surface area contributed by atoms with Crippen LogP contribution in [0.4, 0.5) is 5.69 Å². The molecule has 6 heteroatoms. The molecule has 0 saturated carbocycles. The lowest BCUT2D eigenvalue weighted by molar-refractivity contribution is 0.582. The molecular formula is C10H17N3O2S. The number of rotatable bonds is 6. The number of hydrogen-bond donors (Lipinski definition) is 3. The van der Waals surface area contributed by atoms with Gasteiger partial charge in [-0.2, -0.15) is 0 Å². The number of anilines is 1. The molecule has 0 aromatic heterocycles. The molecule has 1 rings (SSSR count). The molecule has 0 saturated heterocycles. The molecule has 1 aromatic rings. The second-order valence-corrected chi connectivity index (χ2v) is 5.42. The van der Waals surface area contributed by atoms with Gasteiger partial charge in [0, 0.05) is 25.3 Å². The van der Waals surface area contributed by atoms with Gasteiger partial charge in [0.05, 0.1) is 6.26 Å². The monoisotopic (exact) mass is 243 g/mol. The molecule has 0 aliphatic heterocycles. The third-order valence-electron chi connectivity index (χ3n) is 1.95. The van der Waals surface area contributed by atoms with Crippen LogP contribution in [0.3, 0.4) is 0 Å². The summed E-state index contributed by atoms with van der Waals surface area (Å²) in [5.74, 6) is 0. The van der Waals surface area contributed by atoms with Crippen LogP contribution < -0.4 is 15.8 Å². The molecule has 0 bridgehead atoms. The molecule has 90 valence electrons. The van der Waals surface area contributed by atoms with Crippen LogP contribution in [0, 0.1) is 0 Å². The van der Waals surface area contributed by atoms with E-state index in [-0.39, 0.29) is 0 Å². The lowest BCUT2D eigenvalue weighted by Crippen LogP contribution is -2.30. The largest absolute Gasteiger partial charge is 0.399 e. The van der Waals surface area contributed by atoms with Gasteiger partial charge in [-0.15, -0.1) is 0 Å². The van der Waals surface area contributed by atoms with E-state index in [9.17, 15) is 8.42 Å². The Balaban J connectivity index is 2.21. The van der Waals surface area contributed by atoms with E-state index < -0.39 is 10.0 Å². The van der Waals surface area contributed by atoms with Gasteiger partial charge in [-0.25, -0.2) is 13.1 Å². The summed E-state index contributed by atoms with van der Waals surface area (Å²) in [4.78, 5) is 0. The maximum atomic E-state index is 10.8. The van der Waals surface area contributed by atoms with Crippen molar-refractivity contribution in [1.82, 2.24) is 10.0 Å². The van der Waals surface area contributed by atoms with Crippen molar-refractivity contribution in [3.63, 3.8) is 0 Å². The summed E-state index contributed by atoms with van der Waals surface area (Å²) >= 11 is 0. The maximum Gasteiger partial charge on any atom is 0.208 e. The molecule has 4 N–H and O–H groups in total. The van der Waals surface area contributed by atoms with Crippen molar-refractivity contribution in [2.24, 2.45) is 0 Å². The van der Waals surface area contributed by atoms with Gasteiger partial charge in [-0.05, 0) is 17.7 Å². The summed E-state index contributed by atoms with van der Waals surface area (Å²) < 4.78 is 23.9. The number of nitrogen functional groups attached to an aromatic ring is 1.